The Bertz CT molecular complexity index is 1290. The minimum Gasteiger partial charge on any atom is -0.478 e. The second kappa shape index (κ2) is 8.96. The van der Waals surface area contributed by atoms with Gasteiger partial charge < -0.3 is 19.3 Å². The van der Waals surface area contributed by atoms with Gasteiger partial charge in [0.2, 0.25) is 0 Å². The number of aromatic carboxylic acids is 1. The number of carboxylic acids is 1. The zero-order valence-electron chi connectivity index (χ0n) is 19.4. The lowest BCUT2D eigenvalue weighted by Crippen LogP contribution is -2.46. The molecule has 3 aromatic rings. The standard InChI is InChI=1S/C27H25F3N2O4/c28-20-2-1-3-21(29)24(20)25-19(26(36-31-25)14-4-5-14)13-35-18-11-16-7-8-17(12-18)32(16)23-9-6-15(27(33)34)10-22(23)30/h1-3,6,9-10,14,16-18H,4-5,7-8,11-13H2,(H,33,34)/t16-,17+,18?. The Morgan fingerprint density at radius 1 is 1.03 bits per heavy atom. The maximum absolute atomic E-state index is 14.8. The molecule has 2 saturated heterocycles. The van der Waals surface area contributed by atoms with Gasteiger partial charge in [0.05, 0.1) is 29.5 Å². The first-order chi connectivity index (χ1) is 17.4. The molecule has 1 N–H and O–H groups in total. The first kappa shape index (κ1) is 23.1. The number of carbonyl (C=O) groups is 1. The first-order valence-electron chi connectivity index (χ1n) is 12.3. The Hall–Kier alpha value is -3.33. The summed E-state index contributed by atoms with van der Waals surface area (Å²) < 4.78 is 55.7. The van der Waals surface area contributed by atoms with Crippen LogP contribution in [0, 0.1) is 17.5 Å². The van der Waals surface area contributed by atoms with E-state index in [9.17, 15) is 18.0 Å². The van der Waals surface area contributed by atoms with E-state index in [2.05, 4.69) is 10.1 Å². The Morgan fingerprint density at radius 3 is 2.33 bits per heavy atom. The highest BCUT2D eigenvalue weighted by Gasteiger charge is 2.42. The predicted octanol–water partition coefficient (Wildman–Crippen LogP) is 6.05. The minimum absolute atomic E-state index is 0.0628. The molecule has 3 atom stereocenters. The molecule has 9 heteroatoms. The van der Waals surface area contributed by atoms with E-state index in [1.54, 1.807) is 6.07 Å². The average molecular weight is 499 g/mol. The maximum atomic E-state index is 14.8. The van der Waals surface area contributed by atoms with Crippen molar-refractivity contribution >= 4 is 11.7 Å². The van der Waals surface area contributed by atoms with Crippen LogP contribution in [-0.4, -0.2) is 34.4 Å². The van der Waals surface area contributed by atoms with Gasteiger partial charge in [0, 0.05) is 23.6 Å². The summed E-state index contributed by atoms with van der Waals surface area (Å²) >= 11 is 0. The molecule has 2 aliphatic heterocycles. The van der Waals surface area contributed by atoms with Crippen molar-refractivity contribution in [1.29, 1.82) is 0 Å². The van der Waals surface area contributed by atoms with Crippen molar-refractivity contribution in [2.75, 3.05) is 4.90 Å². The molecular weight excluding hydrogens is 473 g/mol. The smallest absolute Gasteiger partial charge is 0.335 e. The van der Waals surface area contributed by atoms with Crippen LogP contribution in [0.3, 0.4) is 0 Å². The quantitative estimate of drug-likeness (QED) is 0.427. The highest BCUT2D eigenvalue weighted by molar-refractivity contribution is 5.88. The molecule has 188 valence electrons. The molecule has 6 nitrogen and oxygen atoms in total. The number of ether oxygens (including phenoxy) is 1. The third-order valence-corrected chi connectivity index (χ3v) is 7.59. The third kappa shape index (κ3) is 4.05. The summed E-state index contributed by atoms with van der Waals surface area (Å²) in [5, 5.41) is 13.2. The van der Waals surface area contributed by atoms with Crippen molar-refractivity contribution in [2.45, 2.75) is 69.2 Å². The fourth-order valence-corrected chi connectivity index (χ4v) is 5.76. The van der Waals surface area contributed by atoms with E-state index >= 15 is 0 Å². The van der Waals surface area contributed by atoms with Crippen molar-refractivity contribution < 1.29 is 32.3 Å². The molecular formula is C27H25F3N2O4. The van der Waals surface area contributed by atoms with Crippen LogP contribution in [0.5, 0.6) is 0 Å². The number of hydrogen-bond donors (Lipinski definition) is 1. The normalized spacial score (nSPS) is 23.3. The van der Waals surface area contributed by atoms with Gasteiger partial charge in [-0.15, -0.1) is 0 Å². The van der Waals surface area contributed by atoms with Crippen LogP contribution in [-0.2, 0) is 11.3 Å². The number of carboxylic acid groups (broad SMARTS) is 1. The number of rotatable bonds is 7. The van der Waals surface area contributed by atoms with Crippen molar-refractivity contribution in [1.82, 2.24) is 5.16 Å². The Morgan fingerprint density at radius 2 is 1.72 bits per heavy atom. The van der Waals surface area contributed by atoms with Gasteiger partial charge >= 0.3 is 5.97 Å². The molecule has 6 rings (SSSR count). The minimum atomic E-state index is -1.16. The molecule has 0 radical (unpaired) electrons. The van der Waals surface area contributed by atoms with E-state index in [1.807, 2.05) is 0 Å². The van der Waals surface area contributed by atoms with Gasteiger partial charge in [-0.3, -0.25) is 0 Å². The Kier molecular flexibility index (Phi) is 5.75. The van der Waals surface area contributed by atoms with Crippen LogP contribution in [0.25, 0.3) is 11.3 Å². The van der Waals surface area contributed by atoms with Crippen molar-refractivity contribution in [3.63, 3.8) is 0 Å². The van der Waals surface area contributed by atoms with Crippen LogP contribution >= 0.6 is 0 Å². The summed E-state index contributed by atoms with van der Waals surface area (Å²) in [5.74, 6) is -2.28. The number of hydrogen-bond acceptors (Lipinski definition) is 5. The number of aromatic nitrogens is 1. The molecule has 1 saturated carbocycles. The third-order valence-electron chi connectivity index (χ3n) is 7.59. The second-order valence-corrected chi connectivity index (χ2v) is 9.91. The van der Waals surface area contributed by atoms with Gasteiger partial charge in [-0.2, -0.15) is 0 Å². The van der Waals surface area contributed by atoms with Gasteiger partial charge in [0.15, 0.2) is 0 Å². The zero-order chi connectivity index (χ0) is 25.0. The molecule has 3 aliphatic rings. The number of fused-ring (bicyclic) bond motifs is 2. The molecule has 0 amide bonds. The van der Waals surface area contributed by atoms with Crippen LogP contribution in [0.1, 0.15) is 66.1 Å². The number of anilines is 1. The SMILES string of the molecule is O=C(O)c1ccc(N2[C@@H]3CC[C@H]2CC(OCc2c(-c4c(F)cccc4F)noc2C2CC2)C3)c(F)c1. The molecule has 1 unspecified atom stereocenters. The monoisotopic (exact) mass is 498 g/mol. The van der Waals surface area contributed by atoms with Gasteiger partial charge in [0.25, 0.3) is 0 Å². The van der Waals surface area contributed by atoms with Gasteiger partial charge in [-0.1, -0.05) is 11.2 Å². The van der Waals surface area contributed by atoms with E-state index in [0.29, 0.717) is 29.9 Å². The van der Waals surface area contributed by atoms with Crippen LogP contribution in [0.4, 0.5) is 18.9 Å². The number of nitrogens with zero attached hydrogens (tertiary/aromatic N) is 2. The summed E-state index contributed by atoms with van der Waals surface area (Å²) in [6.07, 6.45) is 4.88. The lowest BCUT2D eigenvalue weighted by molar-refractivity contribution is 0.0146. The van der Waals surface area contributed by atoms with E-state index in [1.165, 1.54) is 24.3 Å². The summed E-state index contributed by atoms with van der Waals surface area (Å²) in [4.78, 5) is 13.2. The van der Waals surface area contributed by atoms with Gasteiger partial charge in [-0.05, 0) is 68.9 Å². The highest BCUT2D eigenvalue weighted by atomic mass is 19.1. The lowest BCUT2D eigenvalue weighted by atomic mass is 9.98. The van der Waals surface area contributed by atoms with Gasteiger partial charge in [0.1, 0.15) is 28.9 Å². The van der Waals surface area contributed by atoms with Crippen LogP contribution in [0.15, 0.2) is 40.9 Å². The van der Waals surface area contributed by atoms with Crippen molar-refractivity contribution in [2.24, 2.45) is 0 Å². The highest BCUT2D eigenvalue weighted by Crippen LogP contribution is 2.46. The van der Waals surface area contributed by atoms with Crippen molar-refractivity contribution in [3.05, 3.63) is 70.7 Å². The molecule has 1 aliphatic carbocycles. The summed E-state index contributed by atoms with van der Waals surface area (Å²) in [7, 11) is 0. The number of piperidine rings is 1. The van der Waals surface area contributed by atoms with Crippen molar-refractivity contribution in [3.8, 4) is 11.3 Å². The Labute approximate surface area is 205 Å². The molecule has 2 aromatic carbocycles. The molecule has 3 heterocycles. The zero-order valence-corrected chi connectivity index (χ0v) is 19.4. The van der Waals surface area contributed by atoms with Crippen LogP contribution < -0.4 is 4.90 Å². The van der Waals surface area contributed by atoms with E-state index < -0.39 is 23.4 Å². The fourth-order valence-electron chi connectivity index (χ4n) is 5.76. The van der Waals surface area contributed by atoms with E-state index in [4.69, 9.17) is 14.4 Å². The average Bonchev–Trinajstić information content (AvgIpc) is 3.56. The van der Waals surface area contributed by atoms with E-state index in [0.717, 1.165) is 31.7 Å². The summed E-state index contributed by atoms with van der Waals surface area (Å²) in [6, 6.07) is 7.87. The molecule has 3 fully saturated rings. The van der Waals surface area contributed by atoms with E-state index in [-0.39, 0.29) is 47.5 Å². The second-order valence-electron chi connectivity index (χ2n) is 9.91. The largest absolute Gasteiger partial charge is 0.478 e. The van der Waals surface area contributed by atoms with Crippen LogP contribution in [0.2, 0.25) is 0 Å². The maximum Gasteiger partial charge on any atom is 0.335 e. The molecule has 0 spiro atoms. The molecule has 36 heavy (non-hydrogen) atoms. The topological polar surface area (TPSA) is 75.8 Å². The lowest BCUT2D eigenvalue weighted by Gasteiger charge is -2.40. The summed E-state index contributed by atoms with van der Waals surface area (Å²) in [5.41, 5.74) is 0.865. The first-order valence-corrected chi connectivity index (χ1v) is 12.3. The predicted molar refractivity (Wildman–Crippen MR) is 124 cm³/mol. The fraction of sp³-hybridized carbons (Fsp3) is 0.407. The summed E-state index contributed by atoms with van der Waals surface area (Å²) in [6.45, 7) is 0.129. The molecule has 2 bridgehead atoms. The number of benzene rings is 2. The molecule has 1 aromatic heterocycles. The Balaban J connectivity index is 1.20. The number of halogens is 3. The van der Waals surface area contributed by atoms with Gasteiger partial charge in [-0.25, -0.2) is 18.0 Å².